The Hall–Kier alpha value is -3.26. The maximum atomic E-state index is 12.8. The van der Waals surface area contributed by atoms with Gasteiger partial charge in [-0.05, 0) is 50.2 Å². The maximum Gasteiger partial charge on any atom is 0.321 e. The largest absolute Gasteiger partial charge is 0.497 e. The Balaban J connectivity index is 1.64. The predicted molar refractivity (Wildman–Crippen MR) is 119 cm³/mol. The van der Waals surface area contributed by atoms with Crippen LogP contribution in [0, 0.1) is 6.92 Å². The lowest BCUT2D eigenvalue weighted by Crippen LogP contribution is -2.59. The smallest absolute Gasteiger partial charge is 0.321 e. The van der Waals surface area contributed by atoms with E-state index in [1.165, 1.54) is 0 Å². The summed E-state index contributed by atoms with van der Waals surface area (Å²) in [7, 11) is 1.59. The fourth-order valence-corrected chi connectivity index (χ4v) is 3.70. The van der Waals surface area contributed by atoms with E-state index in [-0.39, 0.29) is 24.7 Å². The molecule has 2 aromatic carbocycles. The first-order valence-electron chi connectivity index (χ1n) is 10.3. The number of hydrogen-bond acceptors (Lipinski definition) is 5. The monoisotopic (exact) mass is 426 g/mol. The number of nitrogens with zero attached hydrogens (tertiary/aromatic N) is 2. The number of aryl methyl sites for hydroxylation is 1. The highest BCUT2D eigenvalue weighted by Crippen LogP contribution is 2.21. The van der Waals surface area contributed by atoms with Crippen LogP contribution in [0.4, 0.5) is 10.5 Å². The van der Waals surface area contributed by atoms with Crippen LogP contribution in [0.2, 0.25) is 0 Å². The van der Waals surface area contributed by atoms with Gasteiger partial charge in [0, 0.05) is 37.8 Å². The van der Waals surface area contributed by atoms with Crippen molar-refractivity contribution in [2.45, 2.75) is 32.5 Å². The van der Waals surface area contributed by atoms with Crippen LogP contribution in [0.3, 0.4) is 0 Å². The Morgan fingerprint density at radius 3 is 2.35 bits per heavy atom. The SMILES string of the molecule is COc1ccc(NC(=O)N2CCN(C(C)Oc3ccc(C)cc3)C(CC(N)=O)C2)cc1. The number of amides is 3. The molecule has 0 spiro atoms. The third-order valence-electron chi connectivity index (χ3n) is 5.39. The zero-order valence-electron chi connectivity index (χ0n) is 18.2. The minimum absolute atomic E-state index is 0.147. The predicted octanol–water partition coefficient (Wildman–Crippen LogP) is 2.82. The Kier molecular flexibility index (Phi) is 7.36. The van der Waals surface area contributed by atoms with E-state index in [1.54, 1.807) is 36.3 Å². The summed E-state index contributed by atoms with van der Waals surface area (Å²) in [4.78, 5) is 28.2. The van der Waals surface area contributed by atoms with Gasteiger partial charge in [-0.1, -0.05) is 17.7 Å². The lowest BCUT2D eigenvalue weighted by Gasteiger charge is -2.43. The Bertz CT molecular complexity index is 885. The summed E-state index contributed by atoms with van der Waals surface area (Å²) >= 11 is 0. The molecule has 2 aromatic rings. The number of nitrogens with one attached hydrogen (secondary N) is 1. The van der Waals surface area contributed by atoms with E-state index in [9.17, 15) is 9.59 Å². The number of carbonyl (C=O) groups is 2. The number of anilines is 1. The second-order valence-electron chi connectivity index (χ2n) is 7.70. The van der Waals surface area contributed by atoms with E-state index < -0.39 is 5.91 Å². The van der Waals surface area contributed by atoms with Gasteiger partial charge >= 0.3 is 6.03 Å². The molecule has 2 atom stereocenters. The molecular weight excluding hydrogens is 396 g/mol. The zero-order valence-corrected chi connectivity index (χ0v) is 18.2. The van der Waals surface area contributed by atoms with Crippen LogP contribution >= 0.6 is 0 Å². The number of carbonyl (C=O) groups excluding carboxylic acids is 2. The van der Waals surface area contributed by atoms with Crippen molar-refractivity contribution in [3.05, 3.63) is 54.1 Å². The number of hydrogen-bond donors (Lipinski definition) is 2. The minimum Gasteiger partial charge on any atom is -0.497 e. The number of nitrogens with two attached hydrogens (primary N) is 1. The Labute approximate surface area is 182 Å². The molecule has 3 amide bonds. The fraction of sp³-hybridized carbons (Fsp3) is 0.391. The normalized spacial score (nSPS) is 17.6. The summed E-state index contributed by atoms with van der Waals surface area (Å²) in [6.07, 6.45) is -0.118. The first-order valence-corrected chi connectivity index (χ1v) is 10.3. The molecule has 2 unspecified atom stereocenters. The molecule has 166 valence electrons. The molecule has 0 radical (unpaired) electrons. The van der Waals surface area contributed by atoms with E-state index in [2.05, 4.69) is 10.2 Å². The molecular formula is C23H30N4O4. The van der Waals surface area contributed by atoms with Gasteiger partial charge < -0.3 is 25.4 Å². The highest BCUT2D eigenvalue weighted by Gasteiger charge is 2.34. The first kappa shape index (κ1) is 22.4. The van der Waals surface area contributed by atoms with Gasteiger partial charge in [0.15, 0.2) is 0 Å². The van der Waals surface area contributed by atoms with Crippen molar-refractivity contribution in [3.8, 4) is 11.5 Å². The number of ether oxygens (including phenoxy) is 2. The number of benzene rings is 2. The van der Waals surface area contributed by atoms with Gasteiger partial charge in [-0.3, -0.25) is 9.69 Å². The van der Waals surface area contributed by atoms with Crippen LogP contribution in [0.15, 0.2) is 48.5 Å². The molecule has 1 saturated heterocycles. The van der Waals surface area contributed by atoms with Crippen LogP contribution in [-0.2, 0) is 4.79 Å². The summed E-state index contributed by atoms with van der Waals surface area (Å²) in [5.74, 6) is 1.07. The lowest BCUT2D eigenvalue weighted by atomic mass is 10.1. The van der Waals surface area contributed by atoms with Gasteiger partial charge in [-0.25, -0.2) is 4.79 Å². The molecule has 0 aromatic heterocycles. The molecule has 1 heterocycles. The van der Waals surface area contributed by atoms with Gasteiger partial charge in [-0.2, -0.15) is 0 Å². The van der Waals surface area contributed by atoms with Gasteiger partial charge in [0.25, 0.3) is 0 Å². The maximum absolute atomic E-state index is 12.8. The second kappa shape index (κ2) is 10.2. The topological polar surface area (TPSA) is 97.1 Å². The van der Waals surface area contributed by atoms with Crippen LogP contribution in [0.1, 0.15) is 18.9 Å². The molecule has 8 heteroatoms. The van der Waals surface area contributed by atoms with Gasteiger partial charge in [0.05, 0.1) is 7.11 Å². The van der Waals surface area contributed by atoms with E-state index in [0.717, 1.165) is 17.1 Å². The average Bonchev–Trinajstić information content (AvgIpc) is 2.75. The molecule has 1 fully saturated rings. The zero-order chi connectivity index (χ0) is 22.4. The second-order valence-corrected chi connectivity index (χ2v) is 7.70. The fourth-order valence-electron chi connectivity index (χ4n) is 3.70. The molecule has 0 bridgehead atoms. The summed E-state index contributed by atoms with van der Waals surface area (Å²) in [6, 6.07) is 14.5. The quantitative estimate of drug-likeness (QED) is 0.710. The molecule has 3 rings (SSSR count). The van der Waals surface area contributed by atoms with Gasteiger partial charge in [-0.15, -0.1) is 0 Å². The third kappa shape index (κ3) is 6.11. The number of rotatable bonds is 7. The molecule has 8 nitrogen and oxygen atoms in total. The van der Waals surface area contributed by atoms with Crippen molar-refractivity contribution in [2.24, 2.45) is 5.73 Å². The number of primary amides is 1. The first-order chi connectivity index (χ1) is 14.9. The van der Waals surface area contributed by atoms with Crippen LogP contribution in [-0.4, -0.2) is 60.8 Å². The summed E-state index contributed by atoms with van der Waals surface area (Å²) < 4.78 is 11.2. The average molecular weight is 427 g/mol. The van der Waals surface area contributed by atoms with Gasteiger partial charge in [0.2, 0.25) is 5.91 Å². The van der Waals surface area contributed by atoms with Crippen molar-refractivity contribution >= 4 is 17.6 Å². The van der Waals surface area contributed by atoms with Crippen LogP contribution in [0.5, 0.6) is 11.5 Å². The number of methoxy groups -OCH3 is 1. The van der Waals surface area contributed by atoms with Crippen molar-refractivity contribution in [2.75, 3.05) is 32.1 Å². The summed E-state index contributed by atoms with van der Waals surface area (Å²) in [5, 5.41) is 2.89. The molecule has 3 N–H and O–H groups in total. The van der Waals surface area contributed by atoms with E-state index in [4.69, 9.17) is 15.2 Å². The molecule has 0 aliphatic carbocycles. The Morgan fingerprint density at radius 1 is 1.10 bits per heavy atom. The molecule has 31 heavy (non-hydrogen) atoms. The third-order valence-corrected chi connectivity index (χ3v) is 5.39. The van der Waals surface area contributed by atoms with E-state index >= 15 is 0 Å². The van der Waals surface area contributed by atoms with Gasteiger partial charge in [0.1, 0.15) is 17.7 Å². The van der Waals surface area contributed by atoms with E-state index in [1.807, 2.05) is 38.1 Å². The highest BCUT2D eigenvalue weighted by atomic mass is 16.5. The minimum atomic E-state index is -0.407. The van der Waals surface area contributed by atoms with Crippen molar-refractivity contribution in [1.82, 2.24) is 9.80 Å². The molecule has 1 aliphatic heterocycles. The van der Waals surface area contributed by atoms with Crippen molar-refractivity contribution < 1.29 is 19.1 Å². The summed E-state index contributed by atoms with van der Waals surface area (Å²) in [5.41, 5.74) is 7.32. The highest BCUT2D eigenvalue weighted by molar-refractivity contribution is 5.89. The Morgan fingerprint density at radius 2 is 1.74 bits per heavy atom. The molecule has 1 aliphatic rings. The number of urea groups is 1. The van der Waals surface area contributed by atoms with Crippen molar-refractivity contribution in [3.63, 3.8) is 0 Å². The molecule has 0 saturated carbocycles. The van der Waals surface area contributed by atoms with Crippen LogP contribution in [0.25, 0.3) is 0 Å². The number of piperazine rings is 1. The van der Waals surface area contributed by atoms with E-state index in [0.29, 0.717) is 25.3 Å². The standard InChI is InChI=1S/C23H30N4O4/c1-16-4-8-21(9-5-16)31-17(2)27-13-12-26(15-19(27)14-22(24)28)23(29)25-18-6-10-20(30-3)11-7-18/h4-11,17,19H,12-15H2,1-3H3,(H2,24,28)(H,25,29). The van der Waals surface area contributed by atoms with Crippen LogP contribution < -0.4 is 20.5 Å². The lowest BCUT2D eigenvalue weighted by molar-refractivity contribution is -0.121. The summed E-state index contributed by atoms with van der Waals surface area (Å²) in [6.45, 7) is 5.43. The van der Waals surface area contributed by atoms with Crippen molar-refractivity contribution in [1.29, 1.82) is 0 Å².